The van der Waals surface area contributed by atoms with Crippen LogP contribution >= 0.6 is 15.9 Å². The Kier molecular flexibility index (Phi) is 10.7. The van der Waals surface area contributed by atoms with Gasteiger partial charge >= 0.3 is 0 Å². The van der Waals surface area contributed by atoms with Gasteiger partial charge in [0.15, 0.2) is 11.5 Å². The molecule has 48 heavy (non-hydrogen) atoms. The molecular formula is C37H38BrN3O6S. The minimum absolute atomic E-state index is 0.0334. The largest absolute Gasteiger partial charge is 0.486 e. The fourth-order valence-electron chi connectivity index (χ4n) is 6.19. The van der Waals surface area contributed by atoms with Crippen molar-refractivity contribution in [2.45, 2.75) is 55.6 Å². The number of nitrogens with one attached hydrogen (secondary N) is 1. The third kappa shape index (κ3) is 8.02. The number of carbonyl (C=O) groups excluding carboxylic acids is 2. The van der Waals surface area contributed by atoms with E-state index in [2.05, 4.69) is 21.2 Å². The number of hydrogen-bond donors (Lipinski definition) is 1. The Morgan fingerprint density at radius 1 is 0.812 bits per heavy atom. The van der Waals surface area contributed by atoms with E-state index in [4.69, 9.17) is 9.47 Å². The van der Waals surface area contributed by atoms with Crippen molar-refractivity contribution in [3.05, 3.63) is 119 Å². The van der Waals surface area contributed by atoms with Crippen LogP contribution in [0.4, 0.5) is 5.69 Å². The molecule has 1 atom stereocenters. The Hall–Kier alpha value is -4.35. The summed E-state index contributed by atoms with van der Waals surface area (Å²) in [6.45, 7) is 0.243. The molecule has 2 aliphatic rings. The summed E-state index contributed by atoms with van der Waals surface area (Å²) >= 11 is 3.53. The van der Waals surface area contributed by atoms with Crippen LogP contribution < -0.4 is 19.1 Å². The van der Waals surface area contributed by atoms with Crippen molar-refractivity contribution in [2.24, 2.45) is 0 Å². The molecule has 1 unspecified atom stereocenters. The van der Waals surface area contributed by atoms with E-state index < -0.39 is 28.5 Å². The van der Waals surface area contributed by atoms with Gasteiger partial charge in [-0.2, -0.15) is 0 Å². The SMILES string of the molecule is O=C(NC1CCCC1)C(Cc1ccccc1)N(Cc1cccc(Br)c1)C(=O)CN(c1ccc2c(c1)OCCO2)S(=O)(=O)c1ccccc1. The van der Waals surface area contributed by atoms with Gasteiger partial charge in [-0.1, -0.05) is 89.4 Å². The number of halogens is 1. The van der Waals surface area contributed by atoms with E-state index in [1.807, 2.05) is 54.6 Å². The summed E-state index contributed by atoms with van der Waals surface area (Å²) in [5.41, 5.74) is 1.92. The minimum atomic E-state index is -4.23. The number of rotatable bonds is 12. The number of anilines is 1. The van der Waals surface area contributed by atoms with Gasteiger partial charge in [0.05, 0.1) is 10.6 Å². The highest BCUT2D eigenvalue weighted by Gasteiger charge is 2.36. The Bertz CT molecular complexity index is 1830. The number of fused-ring (bicyclic) bond motifs is 1. The quantitative estimate of drug-likeness (QED) is 0.189. The summed E-state index contributed by atoms with van der Waals surface area (Å²) in [5, 5.41) is 3.20. The van der Waals surface area contributed by atoms with Crippen molar-refractivity contribution >= 4 is 43.5 Å². The van der Waals surface area contributed by atoms with Crippen molar-refractivity contribution in [3.8, 4) is 11.5 Å². The number of sulfonamides is 1. The lowest BCUT2D eigenvalue weighted by molar-refractivity contribution is -0.140. The highest BCUT2D eigenvalue weighted by Crippen LogP contribution is 2.36. The van der Waals surface area contributed by atoms with Crippen LogP contribution in [0.15, 0.2) is 112 Å². The van der Waals surface area contributed by atoms with E-state index in [1.165, 1.54) is 17.0 Å². The van der Waals surface area contributed by atoms with Crippen molar-refractivity contribution in [2.75, 3.05) is 24.1 Å². The molecule has 1 saturated carbocycles. The zero-order valence-corrected chi connectivity index (χ0v) is 28.9. The first-order valence-electron chi connectivity index (χ1n) is 16.1. The van der Waals surface area contributed by atoms with E-state index >= 15 is 0 Å². The van der Waals surface area contributed by atoms with Crippen molar-refractivity contribution in [1.82, 2.24) is 10.2 Å². The maximum absolute atomic E-state index is 14.7. The second kappa shape index (κ2) is 15.3. The van der Waals surface area contributed by atoms with Crippen LogP contribution in [0, 0.1) is 0 Å². The number of hydrogen-bond acceptors (Lipinski definition) is 6. The highest BCUT2D eigenvalue weighted by molar-refractivity contribution is 9.10. The van der Waals surface area contributed by atoms with Gasteiger partial charge in [-0.05, 0) is 60.4 Å². The summed E-state index contributed by atoms with van der Waals surface area (Å²) in [5.74, 6) is 0.109. The smallest absolute Gasteiger partial charge is 0.264 e. The Labute approximate surface area is 290 Å². The maximum Gasteiger partial charge on any atom is 0.264 e. The zero-order chi connectivity index (χ0) is 33.5. The van der Waals surface area contributed by atoms with Crippen LogP contribution in [0.25, 0.3) is 0 Å². The molecule has 4 aromatic rings. The Morgan fingerprint density at radius 3 is 2.19 bits per heavy atom. The second-order valence-electron chi connectivity index (χ2n) is 12.0. The molecule has 250 valence electrons. The van der Waals surface area contributed by atoms with Gasteiger partial charge < -0.3 is 19.7 Å². The van der Waals surface area contributed by atoms with Crippen LogP contribution in [0.1, 0.15) is 36.8 Å². The van der Waals surface area contributed by atoms with Gasteiger partial charge in [0, 0.05) is 29.5 Å². The Balaban J connectivity index is 1.41. The topological polar surface area (TPSA) is 105 Å². The number of benzene rings is 4. The molecule has 2 amide bonds. The lowest BCUT2D eigenvalue weighted by Gasteiger charge is -2.34. The molecule has 1 aliphatic heterocycles. The van der Waals surface area contributed by atoms with E-state index in [0.717, 1.165) is 45.6 Å². The summed E-state index contributed by atoms with van der Waals surface area (Å²) in [4.78, 5) is 30.4. The van der Waals surface area contributed by atoms with Crippen molar-refractivity contribution in [1.29, 1.82) is 0 Å². The summed E-state index contributed by atoms with van der Waals surface area (Å²) in [7, 11) is -4.23. The lowest BCUT2D eigenvalue weighted by Crippen LogP contribution is -2.54. The Morgan fingerprint density at radius 2 is 1.48 bits per heavy atom. The molecule has 4 aromatic carbocycles. The summed E-state index contributed by atoms with van der Waals surface area (Å²) in [6.07, 6.45) is 4.11. The van der Waals surface area contributed by atoms with E-state index in [0.29, 0.717) is 24.7 Å². The average Bonchev–Trinajstić information content (AvgIpc) is 3.62. The molecule has 1 fully saturated rings. The first-order valence-corrected chi connectivity index (χ1v) is 18.4. The van der Waals surface area contributed by atoms with Gasteiger partial charge in [-0.25, -0.2) is 8.42 Å². The number of carbonyl (C=O) groups is 2. The summed E-state index contributed by atoms with van der Waals surface area (Å²) in [6, 6.07) is 29.1. The lowest BCUT2D eigenvalue weighted by atomic mass is 10.0. The molecule has 0 aromatic heterocycles. The van der Waals surface area contributed by atoms with Crippen LogP contribution in [0.2, 0.25) is 0 Å². The van der Waals surface area contributed by atoms with Gasteiger partial charge in [0.1, 0.15) is 25.8 Å². The molecule has 0 spiro atoms. The molecule has 0 saturated heterocycles. The van der Waals surface area contributed by atoms with Crippen molar-refractivity contribution < 1.29 is 27.5 Å². The molecule has 0 radical (unpaired) electrons. The van der Waals surface area contributed by atoms with Gasteiger partial charge in [0.2, 0.25) is 11.8 Å². The fourth-order valence-corrected chi connectivity index (χ4v) is 8.06. The third-order valence-corrected chi connectivity index (χ3v) is 10.9. The predicted octanol–water partition coefficient (Wildman–Crippen LogP) is 6.11. The van der Waals surface area contributed by atoms with Gasteiger partial charge in [-0.3, -0.25) is 13.9 Å². The van der Waals surface area contributed by atoms with Crippen molar-refractivity contribution in [3.63, 3.8) is 0 Å². The van der Waals surface area contributed by atoms with Crippen LogP contribution in [0.3, 0.4) is 0 Å². The van der Waals surface area contributed by atoms with E-state index in [9.17, 15) is 18.0 Å². The molecular weight excluding hydrogens is 694 g/mol. The fraction of sp³-hybridized carbons (Fsp3) is 0.297. The molecule has 1 N–H and O–H groups in total. The maximum atomic E-state index is 14.7. The van der Waals surface area contributed by atoms with Gasteiger partial charge in [0.25, 0.3) is 10.0 Å². The predicted molar refractivity (Wildman–Crippen MR) is 187 cm³/mol. The highest BCUT2D eigenvalue weighted by atomic mass is 79.9. The van der Waals surface area contributed by atoms with E-state index in [-0.39, 0.29) is 35.5 Å². The number of amides is 2. The summed E-state index contributed by atoms with van der Waals surface area (Å²) < 4.78 is 41.9. The zero-order valence-electron chi connectivity index (χ0n) is 26.5. The third-order valence-electron chi connectivity index (χ3n) is 8.64. The second-order valence-corrected chi connectivity index (χ2v) is 14.8. The first kappa shape index (κ1) is 33.5. The molecule has 6 rings (SSSR count). The molecule has 11 heteroatoms. The molecule has 0 bridgehead atoms. The molecule has 1 aliphatic carbocycles. The number of nitrogens with zero attached hydrogens (tertiary/aromatic N) is 2. The molecule has 9 nitrogen and oxygen atoms in total. The van der Waals surface area contributed by atoms with Crippen LogP contribution in [-0.4, -0.2) is 57.0 Å². The molecule has 1 heterocycles. The standard InChI is InChI=1S/C37H38BrN3O6S/c38-29-13-9-12-28(22-29)25-40(33(23-27-10-3-1-4-11-27)37(43)39-30-14-7-8-15-30)36(42)26-41(48(44,45)32-16-5-2-6-17-32)31-18-19-34-35(24-31)47-21-20-46-34/h1-6,9-13,16-19,22,24,30,33H,7-8,14-15,20-21,23,25-26H2,(H,39,43). The van der Waals surface area contributed by atoms with Crippen LogP contribution in [0.5, 0.6) is 11.5 Å². The first-order chi connectivity index (χ1) is 23.3. The number of ether oxygens (including phenoxy) is 2. The van der Waals surface area contributed by atoms with Crippen LogP contribution in [-0.2, 0) is 32.6 Å². The monoisotopic (exact) mass is 731 g/mol. The van der Waals surface area contributed by atoms with E-state index in [1.54, 1.807) is 36.4 Å². The average molecular weight is 733 g/mol. The van der Waals surface area contributed by atoms with Gasteiger partial charge in [-0.15, -0.1) is 0 Å². The minimum Gasteiger partial charge on any atom is -0.486 e. The normalized spacial score (nSPS) is 15.0.